The van der Waals surface area contributed by atoms with E-state index in [9.17, 15) is 0 Å². The third-order valence-corrected chi connectivity index (χ3v) is 6.86. The molecule has 0 bridgehead atoms. The van der Waals surface area contributed by atoms with Crippen LogP contribution in [0, 0.1) is 17.4 Å². The number of fused-ring (bicyclic) bond motifs is 1. The molecule has 0 saturated carbocycles. The Hall–Kier alpha value is -2.74. The second-order valence-electron chi connectivity index (χ2n) is 8.35. The van der Waals surface area contributed by atoms with Crippen molar-refractivity contribution in [2.75, 3.05) is 0 Å². The lowest BCUT2D eigenvalue weighted by molar-refractivity contribution is 0.636. The molecular formula is C26H26IN5. The summed E-state index contributed by atoms with van der Waals surface area (Å²) >= 11 is 2.34. The molecule has 2 aromatic heterocycles. The molecule has 0 aliphatic carbocycles. The summed E-state index contributed by atoms with van der Waals surface area (Å²) in [6, 6.07) is 19.1. The van der Waals surface area contributed by atoms with Gasteiger partial charge in [-0.15, -0.1) is 10.2 Å². The lowest BCUT2D eigenvalue weighted by atomic mass is 10.2. The summed E-state index contributed by atoms with van der Waals surface area (Å²) in [5, 5.41) is 8.88. The number of aromatic nitrogens is 4. The zero-order valence-electron chi connectivity index (χ0n) is 18.4. The monoisotopic (exact) mass is 535 g/mol. The van der Waals surface area contributed by atoms with E-state index in [0.717, 1.165) is 41.4 Å². The maximum Gasteiger partial charge on any atom is 0.163 e. The average molecular weight is 535 g/mol. The Bertz CT molecular complexity index is 1260. The van der Waals surface area contributed by atoms with E-state index in [0.29, 0.717) is 0 Å². The first-order valence-electron chi connectivity index (χ1n) is 11.1. The molecule has 0 fully saturated rings. The number of nitrogens with zero attached hydrogens (tertiary/aromatic N) is 5. The van der Waals surface area contributed by atoms with Gasteiger partial charge >= 0.3 is 0 Å². The molecule has 1 aliphatic rings. The molecule has 0 radical (unpaired) electrons. The molecule has 5 nitrogen and oxygen atoms in total. The van der Waals surface area contributed by atoms with Gasteiger partial charge in [0.1, 0.15) is 5.82 Å². The summed E-state index contributed by atoms with van der Waals surface area (Å²) in [6.45, 7) is 5.29. The predicted octanol–water partition coefficient (Wildman–Crippen LogP) is 6.43. The second kappa shape index (κ2) is 9.02. The zero-order valence-corrected chi connectivity index (χ0v) is 20.6. The zero-order chi connectivity index (χ0) is 22.1. The quantitative estimate of drug-likeness (QED) is 0.223. The molecule has 0 amide bonds. The highest BCUT2D eigenvalue weighted by molar-refractivity contribution is 14.1. The summed E-state index contributed by atoms with van der Waals surface area (Å²) in [4.78, 5) is 4.74. The standard InChI is InChI=1S/C26H26IN5/c1-18-16-21(19(2)32(18)24-13-9-22(27)10-14-24)17-28-23-11-7-20(8-12-23)26-30-29-25-6-4-3-5-15-31(25)26/h7-14,16-17H,3-6,15H2,1-2H3. The smallest absolute Gasteiger partial charge is 0.163 e. The van der Waals surface area contributed by atoms with Crippen molar-refractivity contribution in [3.05, 3.63) is 80.9 Å². The van der Waals surface area contributed by atoms with Gasteiger partial charge in [0.05, 0.1) is 5.69 Å². The molecule has 0 saturated heterocycles. The number of benzene rings is 2. The number of halogens is 1. The first kappa shape index (κ1) is 21.1. The molecule has 0 atom stereocenters. The lowest BCUT2D eigenvalue weighted by Crippen LogP contribution is -2.02. The van der Waals surface area contributed by atoms with Crippen LogP contribution in [0.25, 0.3) is 17.1 Å². The lowest BCUT2D eigenvalue weighted by Gasteiger charge is -2.09. The van der Waals surface area contributed by atoms with Crippen LogP contribution in [0.1, 0.15) is 42.0 Å². The average Bonchev–Trinajstić information content (AvgIpc) is 3.23. The van der Waals surface area contributed by atoms with Gasteiger partial charge in [-0.25, -0.2) is 0 Å². The maximum atomic E-state index is 4.74. The molecule has 4 aromatic rings. The van der Waals surface area contributed by atoms with Crippen LogP contribution >= 0.6 is 22.6 Å². The third-order valence-electron chi connectivity index (χ3n) is 6.14. The van der Waals surface area contributed by atoms with Gasteiger partial charge in [-0.3, -0.25) is 4.99 Å². The van der Waals surface area contributed by atoms with Gasteiger partial charge in [-0.1, -0.05) is 6.42 Å². The predicted molar refractivity (Wildman–Crippen MR) is 138 cm³/mol. The molecule has 162 valence electrons. The highest BCUT2D eigenvalue weighted by atomic mass is 127. The van der Waals surface area contributed by atoms with Gasteiger partial charge in [0.25, 0.3) is 0 Å². The molecule has 3 heterocycles. The fourth-order valence-corrected chi connectivity index (χ4v) is 4.80. The van der Waals surface area contributed by atoms with Crippen molar-refractivity contribution in [1.82, 2.24) is 19.3 Å². The van der Waals surface area contributed by atoms with Crippen LogP contribution in [-0.2, 0) is 13.0 Å². The fraction of sp³-hybridized carbons (Fsp3) is 0.269. The van der Waals surface area contributed by atoms with E-state index >= 15 is 0 Å². The van der Waals surface area contributed by atoms with Gasteiger partial charge in [0.15, 0.2) is 5.82 Å². The molecule has 32 heavy (non-hydrogen) atoms. The summed E-state index contributed by atoms with van der Waals surface area (Å²) < 4.78 is 5.80. The van der Waals surface area contributed by atoms with E-state index in [2.05, 4.69) is 110 Å². The van der Waals surface area contributed by atoms with Crippen LogP contribution in [0.3, 0.4) is 0 Å². The Morgan fingerprint density at radius 3 is 2.50 bits per heavy atom. The Balaban J connectivity index is 1.38. The van der Waals surface area contributed by atoms with Gasteiger partial charge in [-0.05, 0) is 104 Å². The number of hydrogen-bond donors (Lipinski definition) is 0. The first-order chi connectivity index (χ1) is 15.6. The fourth-order valence-electron chi connectivity index (χ4n) is 4.45. The topological polar surface area (TPSA) is 48.0 Å². The minimum Gasteiger partial charge on any atom is -0.318 e. The Morgan fingerprint density at radius 1 is 0.938 bits per heavy atom. The van der Waals surface area contributed by atoms with Gasteiger partial charge in [0, 0.05) is 51.0 Å². The Kier molecular flexibility index (Phi) is 5.95. The highest BCUT2D eigenvalue weighted by Crippen LogP contribution is 2.25. The molecule has 1 aliphatic heterocycles. The van der Waals surface area contributed by atoms with Crippen LogP contribution in [0.15, 0.2) is 59.6 Å². The van der Waals surface area contributed by atoms with Gasteiger partial charge in [-0.2, -0.15) is 0 Å². The second-order valence-corrected chi connectivity index (χ2v) is 9.59. The molecule has 5 rings (SSSR count). The van der Waals surface area contributed by atoms with Crippen molar-refractivity contribution < 1.29 is 0 Å². The van der Waals surface area contributed by atoms with Crippen molar-refractivity contribution >= 4 is 34.5 Å². The summed E-state index contributed by atoms with van der Waals surface area (Å²) in [5.41, 5.74) is 6.73. The third kappa shape index (κ3) is 4.16. The molecule has 0 N–H and O–H groups in total. The van der Waals surface area contributed by atoms with Crippen molar-refractivity contribution in [3.8, 4) is 17.1 Å². The molecule has 6 heteroatoms. The minimum atomic E-state index is 0.934. The van der Waals surface area contributed by atoms with Crippen LogP contribution in [0.2, 0.25) is 0 Å². The maximum absolute atomic E-state index is 4.74. The molecular weight excluding hydrogens is 509 g/mol. The summed E-state index contributed by atoms with van der Waals surface area (Å²) in [5.74, 6) is 2.08. The van der Waals surface area contributed by atoms with Crippen molar-refractivity contribution in [3.63, 3.8) is 0 Å². The van der Waals surface area contributed by atoms with E-state index in [1.807, 2.05) is 6.21 Å². The number of rotatable bonds is 4. The summed E-state index contributed by atoms with van der Waals surface area (Å²) in [7, 11) is 0. The first-order valence-corrected chi connectivity index (χ1v) is 12.2. The van der Waals surface area contributed by atoms with Crippen LogP contribution < -0.4 is 0 Å². The van der Waals surface area contributed by atoms with E-state index in [-0.39, 0.29) is 0 Å². The Morgan fingerprint density at radius 2 is 1.72 bits per heavy atom. The van der Waals surface area contributed by atoms with Crippen molar-refractivity contribution in [1.29, 1.82) is 0 Å². The van der Waals surface area contributed by atoms with Gasteiger partial charge in [0.2, 0.25) is 0 Å². The summed E-state index contributed by atoms with van der Waals surface area (Å²) in [6.07, 6.45) is 6.65. The number of hydrogen-bond acceptors (Lipinski definition) is 3. The molecule has 0 spiro atoms. The van der Waals surface area contributed by atoms with E-state index < -0.39 is 0 Å². The molecule has 0 unspecified atom stereocenters. The van der Waals surface area contributed by atoms with Crippen LogP contribution in [0.5, 0.6) is 0 Å². The minimum absolute atomic E-state index is 0.934. The van der Waals surface area contributed by atoms with Crippen LogP contribution in [0.4, 0.5) is 5.69 Å². The Labute approximate surface area is 202 Å². The van der Waals surface area contributed by atoms with Crippen molar-refractivity contribution in [2.24, 2.45) is 4.99 Å². The van der Waals surface area contributed by atoms with E-state index in [4.69, 9.17) is 4.99 Å². The normalized spacial score (nSPS) is 14.0. The van der Waals surface area contributed by atoms with E-state index in [1.54, 1.807) is 0 Å². The highest BCUT2D eigenvalue weighted by Gasteiger charge is 2.16. The van der Waals surface area contributed by atoms with E-state index in [1.165, 1.54) is 39.9 Å². The van der Waals surface area contributed by atoms with Crippen molar-refractivity contribution in [2.45, 2.75) is 46.1 Å². The SMILES string of the molecule is Cc1cc(C=Nc2ccc(-c3nnc4n3CCCCC4)cc2)c(C)n1-c1ccc(I)cc1. The number of aliphatic imine (C=N–C) groups is 1. The largest absolute Gasteiger partial charge is 0.318 e. The van der Waals surface area contributed by atoms with Crippen LogP contribution in [-0.4, -0.2) is 25.5 Å². The van der Waals surface area contributed by atoms with Gasteiger partial charge < -0.3 is 9.13 Å². The molecule has 2 aromatic carbocycles. The number of aryl methyl sites for hydroxylation is 2.